The molecule has 0 radical (unpaired) electrons. The van der Waals surface area contributed by atoms with Crippen molar-refractivity contribution < 1.29 is 18.7 Å². The number of ether oxygens (including phenoxy) is 2. The van der Waals surface area contributed by atoms with Gasteiger partial charge in [0, 0.05) is 6.04 Å². The summed E-state index contributed by atoms with van der Waals surface area (Å²) in [4.78, 5) is 11.4. The molecule has 0 fully saturated rings. The molecule has 1 unspecified atom stereocenters. The van der Waals surface area contributed by atoms with Crippen molar-refractivity contribution >= 4 is 5.97 Å². The Labute approximate surface area is 119 Å². The number of carbonyl (C=O) groups is 1. The van der Waals surface area contributed by atoms with Crippen LogP contribution in [0.2, 0.25) is 0 Å². The molecule has 1 rings (SSSR count). The van der Waals surface area contributed by atoms with Crippen molar-refractivity contribution in [2.75, 3.05) is 6.61 Å². The van der Waals surface area contributed by atoms with Gasteiger partial charge in [-0.3, -0.25) is 0 Å². The third kappa shape index (κ3) is 5.57. The first-order valence-electron chi connectivity index (χ1n) is 6.78. The molecular weight excluding hydrogens is 261 g/mol. The van der Waals surface area contributed by atoms with Gasteiger partial charge in [0.05, 0.1) is 6.10 Å². The number of esters is 1. The molecule has 4 nitrogen and oxygen atoms in total. The van der Waals surface area contributed by atoms with Gasteiger partial charge in [-0.15, -0.1) is 0 Å². The van der Waals surface area contributed by atoms with Crippen LogP contribution in [0.1, 0.15) is 32.8 Å². The largest absolute Gasteiger partial charge is 0.482 e. The predicted molar refractivity (Wildman–Crippen MR) is 75.1 cm³/mol. The van der Waals surface area contributed by atoms with Crippen LogP contribution in [0, 0.1) is 5.82 Å². The summed E-state index contributed by atoms with van der Waals surface area (Å²) >= 11 is 0. The molecule has 0 aliphatic rings. The number of halogens is 1. The second kappa shape index (κ2) is 7.85. The molecule has 1 aromatic carbocycles. The van der Waals surface area contributed by atoms with E-state index in [9.17, 15) is 9.18 Å². The summed E-state index contributed by atoms with van der Waals surface area (Å²) in [6.07, 6.45) is 1.10. The lowest BCUT2D eigenvalue weighted by Crippen LogP contribution is -2.23. The first kappa shape index (κ1) is 16.4. The Bertz CT molecular complexity index is 449. The smallest absolute Gasteiger partial charge is 0.344 e. The molecule has 0 aromatic heterocycles. The summed E-state index contributed by atoms with van der Waals surface area (Å²) in [5.41, 5.74) is 6.54. The van der Waals surface area contributed by atoms with Gasteiger partial charge in [0.2, 0.25) is 0 Å². The summed E-state index contributed by atoms with van der Waals surface area (Å²) in [7, 11) is 0. The summed E-state index contributed by atoms with van der Waals surface area (Å²) in [5.74, 6) is -0.327. The van der Waals surface area contributed by atoms with Crippen molar-refractivity contribution in [1.82, 2.24) is 0 Å². The normalized spacial score (nSPS) is 12.3. The van der Waals surface area contributed by atoms with Crippen molar-refractivity contribution in [1.29, 1.82) is 0 Å². The van der Waals surface area contributed by atoms with Crippen LogP contribution in [-0.4, -0.2) is 24.7 Å². The van der Waals surface area contributed by atoms with Gasteiger partial charge < -0.3 is 15.2 Å². The Kier molecular flexibility index (Phi) is 6.45. The van der Waals surface area contributed by atoms with Crippen LogP contribution < -0.4 is 10.5 Å². The van der Waals surface area contributed by atoms with Crippen LogP contribution in [0.25, 0.3) is 0 Å². The molecular formula is C15H22FNO3. The number of hydrogen-bond acceptors (Lipinski definition) is 4. The summed E-state index contributed by atoms with van der Waals surface area (Å²) in [6.45, 7) is 5.30. The molecule has 112 valence electrons. The molecule has 0 aliphatic carbocycles. The fourth-order valence-corrected chi connectivity index (χ4v) is 1.71. The van der Waals surface area contributed by atoms with Crippen LogP contribution in [-0.2, 0) is 16.0 Å². The molecule has 0 aliphatic heterocycles. The van der Waals surface area contributed by atoms with Gasteiger partial charge in [0.25, 0.3) is 0 Å². The van der Waals surface area contributed by atoms with E-state index in [-0.39, 0.29) is 24.6 Å². The number of rotatable bonds is 7. The first-order valence-corrected chi connectivity index (χ1v) is 6.78. The lowest BCUT2D eigenvalue weighted by Gasteiger charge is -2.15. The fourth-order valence-electron chi connectivity index (χ4n) is 1.71. The maximum atomic E-state index is 13.3. The Morgan fingerprint density at radius 1 is 1.40 bits per heavy atom. The molecule has 20 heavy (non-hydrogen) atoms. The summed E-state index contributed by atoms with van der Waals surface area (Å²) < 4.78 is 23.7. The number of benzene rings is 1. The van der Waals surface area contributed by atoms with E-state index in [1.165, 1.54) is 18.2 Å². The second-order valence-corrected chi connectivity index (χ2v) is 4.95. The van der Waals surface area contributed by atoms with Crippen molar-refractivity contribution in [2.24, 2.45) is 5.73 Å². The quantitative estimate of drug-likeness (QED) is 0.781. The third-order valence-electron chi connectivity index (χ3n) is 2.74. The molecule has 0 spiro atoms. The van der Waals surface area contributed by atoms with Crippen LogP contribution in [0.4, 0.5) is 4.39 Å². The van der Waals surface area contributed by atoms with Gasteiger partial charge in [-0.2, -0.15) is 0 Å². The number of carbonyl (C=O) groups excluding carboxylic acids is 1. The maximum absolute atomic E-state index is 13.3. The summed E-state index contributed by atoms with van der Waals surface area (Å²) in [5, 5.41) is 0. The maximum Gasteiger partial charge on any atom is 0.344 e. The van der Waals surface area contributed by atoms with Gasteiger partial charge in [-0.25, -0.2) is 9.18 Å². The zero-order valence-electron chi connectivity index (χ0n) is 12.2. The minimum atomic E-state index is -0.449. The van der Waals surface area contributed by atoms with Gasteiger partial charge in [0.1, 0.15) is 11.6 Å². The van der Waals surface area contributed by atoms with Crippen LogP contribution in [0.15, 0.2) is 18.2 Å². The average Bonchev–Trinajstić information content (AvgIpc) is 2.36. The van der Waals surface area contributed by atoms with E-state index in [2.05, 4.69) is 0 Å². The molecule has 0 heterocycles. The standard InChI is InChI=1S/C15H22FNO3/c1-4-13(17)8-11-7-12(16)5-6-14(11)19-9-15(18)20-10(2)3/h5-7,10,13H,4,8-9,17H2,1-3H3. The van der Waals surface area contributed by atoms with Crippen molar-refractivity contribution in [3.05, 3.63) is 29.6 Å². The van der Waals surface area contributed by atoms with E-state index in [1.54, 1.807) is 13.8 Å². The average molecular weight is 283 g/mol. The Hall–Kier alpha value is -1.62. The SMILES string of the molecule is CCC(N)Cc1cc(F)ccc1OCC(=O)OC(C)C. The highest BCUT2D eigenvalue weighted by molar-refractivity contribution is 5.71. The van der Waals surface area contributed by atoms with Crippen LogP contribution in [0.3, 0.4) is 0 Å². The molecule has 5 heteroatoms. The highest BCUT2D eigenvalue weighted by Gasteiger charge is 2.12. The molecule has 0 saturated heterocycles. The van der Waals surface area contributed by atoms with Crippen molar-refractivity contribution in [3.8, 4) is 5.75 Å². The molecule has 0 amide bonds. The Morgan fingerprint density at radius 2 is 2.10 bits per heavy atom. The van der Waals surface area contributed by atoms with E-state index in [0.29, 0.717) is 17.7 Å². The van der Waals surface area contributed by atoms with Gasteiger partial charge >= 0.3 is 5.97 Å². The van der Waals surface area contributed by atoms with Crippen molar-refractivity contribution in [2.45, 2.75) is 45.8 Å². The number of nitrogens with two attached hydrogens (primary N) is 1. The van der Waals surface area contributed by atoms with E-state index < -0.39 is 5.97 Å². The van der Waals surface area contributed by atoms with E-state index in [1.807, 2.05) is 6.92 Å². The molecule has 1 atom stereocenters. The minimum absolute atomic E-state index is 0.0678. The molecule has 1 aromatic rings. The highest BCUT2D eigenvalue weighted by Crippen LogP contribution is 2.21. The minimum Gasteiger partial charge on any atom is -0.482 e. The van der Waals surface area contributed by atoms with E-state index >= 15 is 0 Å². The van der Waals surface area contributed by atoms with E-state index in [0.717, 1.165) is 6.42 Å². The zero-order valence-corrected chi connectivity index (χ0v) is 12.2. The third-order valence-corrected chi connectivity index (χ3v) is 2.74. The molecule has 0 saturated carbocycles. The van der Waals surface area contributed by atoms with Crippen LogP contribution in [0.5, 0.6) is 5.75 Å². The monoisotopic (exact) mass is 283 g/mol. The van der Waals surface area contributed by atoms with Crippen molar-refractivity contribution in [3.63, 3.8) is 0 Å². The Morgan fingerprint density at radius 3 is 2.70 bits per heavy atom. The lowest BCUT2D eigenvalue weighted by molar-refractivity contribution is -0.149. The van der Waals surface area contributed by atoms with E-state index in [4.69, 9.17) is 15.2 Å². The lowest BCUT2D eigenvalue weighted by atomic mass is 10.0. The highest BCUT2D eigenvalue weighted by atomic mass is 19.1. The topological polar surface area (TPSA) is 61.5 Å². The molecule has 2 N–H and O–H groups in total. The van der Waals surface area contributed by atoms with Crippen LogP contribution >= 0.6 is 0 Å². The fraction of sp³-hybridized carbons (Fsp3) is 0.533. The van der Waals surface area contributed by atoms with Gasteiger partial charge in [-0.1, -0.05) is 6.92 Å². The zero-order chi connectivity index (χ0) is 15.1. The predicted octanol–water partition coefficient (Wildman–Crippen LogP) is 2.44. The van der Waals surface area contributed by atoms with Gasteiger partial charge in [-0.05, 0) is 50.5 Å². The second-order valence-electron chi connectivity index (χ2n) is 4.95. The number of hydrogen-bond donors (Lipinski definition) is 1. The van der Waals surface area contributed by atoms with Gasteiger partial charge in [0.15, 0.2) is 6.61 Å². The first-order chi connectivity index (χ1) is 9.42. The molecule has 0 bridgehead atoms. The Balaban J connectivity index is 2.71. The summed E-state index contributed by atoms with van der Waals surface area (Å²) in [6, 6.07) is 4.13.